The third-order valence-electron chi connectivity index (χ3n) is 2.70. The summed E-state index contributed by atoms with van der Waals surface area (Å²) in [4.78, 5) is 11.6. The van der Waals surface area contributed by atoms with Crippen LogP contribution in [0.25, 0.3) is 0 Å². The predicted molar refractivity (Wildman–Crippen MR) is 70.7 cm³/mol. The lowest BCUT2D eigenvalue weighted by molar-refractivity contribution is -0.144. The zero-order valence-corrected chi connectivity index (χ0v) is 10.6. The van der Waals surface area contributed by atoms with E-state index in [-0.39, 0.29) is 18.6 Å². The lowest BCUT2D eigenvalue weighted by Crippen LogP contribution is -2.09. The van der Waals surface area contributed by atoms with Crippen molar-refractivity contribution >= 4 is 11.7 Å². The zero-order chi connectivity index (χ0) is 14.5. The Morgan fingerprint density at radius 2 is 1.95 bits per heavy atom. The first-order valence-electron chi connectivity index (χ1n) is 5.98. The van der Waals surface area contributed by atoms with Gasteiger partial charge >= 0.3 is 5.97 Å². The van der Waals surface area contributed by atoms with Crippen molar-refractivity contribution in [3.05, 3.63) is 65.2 Å². The van der Waals surface area contributed by atoms with E-state index in [2.05, 4.69) is 0 Å². The van der Waals surface area contributed by atoms with Crippen molar-refractivity contribution in [2.45, 2.75) is 13.0 Å². The van der Waals surface area contributed by atoms with Crippen LogP contribution in [0.3, 0.4) is 0 Å². The summed E-state index contributed by atoms with van der Waals surface area (Å²) < 4.78 is 31.0. The Morgan fingerprint density at radius 1 is 1.15 bits per heavy atom. The molecule has 20 heavy (non-hydrogen) atoms. The van der Waals surface area contributed by atoms with Crippen LogP contribution in [0.4, 0.5) is 14.5 Å². The maximum absolute atomic E-state index is 13.3. The highest BCUT2D eigenvalue weighted by molar-refractivity contribution is 5.73. The molecule has 0 spiro atoms. The molecule has 0 unspecified atom stereocenters. The molecule has 3 nitrogen and oxygen atoms in total. The Bertz CT molecular complexity index is 629. The molecule has 0 aliphatic heterocycles. The smallest absolute Gasteiger partial charge is 0.310 e. The number of ether oxygens (including phenoxy) is 1. The lowest BCUT2D eigenvalue weighted by atomic mass is 10.1. The van der Waals surface area contributed by atoms with E-state index in [1.807, 2.05) is 0 Å². The van der Waals surface area contributed by atoms with E-state index in [9.17, 15) is 13.6 Å². The largest absolute Gasteiger partial charge is 0.460 e. The molecule has 2 N–H and O–H groups in total. The Labute approximate surface area is 115 Å². The maximum atomic E-state index is 13.3. The third kappa shape index (κ3) is 3.78. The van der Waals surface area contributed by atoms with Gasteiger partial charge < -0.3 is 10.5 Å². The van der Waals surface area contributed by atoms with Crippen LogP contribution in [-0.4, -0.2) is 5.97 Å². The van der Waals surface area contributed by atoms with Gasteiger partial charge in [-0.05, 0) is 29.8 Å². The van der Waals surface area contributed by atoms with Crippen molar-refractivity contribution in [1.29, 1.82) is 0 Å². The molecule has 0 heterocycles. The Kier molecular flexibility index (Phi) is 4.30. The van der Waals surface area contributed by atoms with Crippen LogP contribution in [0, 0.1) is 11.6 Å². The van der Waals surface area contributed by atoms with Crippen LogP contribution in [0.5, 0.6) is 0 Å². The van der Waals surface area contributed by atoms with Gasteiger partial charge in [0.1, 0.15) is 18.2 Å². The number of halogens is 2. The van der Waals surface area contributed by atoms with Crippen LogP contribution in [0.2, 0.25) is 0 Å². The minimum absolute atomic E-state index is 0.0495. The number of nitrogens with two attached hydrogens (primary N) is 1. The number of benzene rings is 2. The average Bonchev–Trinajstić information content (AvgIpc) is 2.37. The number of anilines is 1. The summed E-state index contributed by atoms with van der Waals surface area (Å²) in [6.07, 6.45) is 0.0495. The van der Waals surface area contributed by atoms with Gasteiger partial charge in [0.05, 0.1) is 6.42 Å². The summed E-state index contributed by atoms with van der Waals surface area (Å²) in [6.45, 7) is -0.229. The molecule has 0 aromatic heterocycles. The molecule has 0 aliphatic carbocycles. The summed E-state index contributed by atoms with van der Waals surface area (Å²) >= 11 is 0. The first-order valence-corrected chi connectivity index (χ1v) is 5.98. The highest BCUT2D eigenvalue weighted by Gasteiger charge is 2.09. The van der Waals surface area contributed by atoms with E-state index in [0.717, 1.165) is 17.7 Å². The number of nitrogen functional groups attached to an aromatic ring is 1. The van der Waals surface area contributed by atoms with Gasteiger partial charge in [-0.15, -0.1) is 0 Å². The minimum Gasteiger partial charge on any atom is -0.460 e. The van der Waals surface area contributed by atoms with Crippen molar-refractivity contribution in [2.24, 2.45) is 0 Å². The van der Waals surface area contributed by atoms with Crippen LogP contribution in [-0.2, 0) is 22.6 Å². The second-order valence-corrected chi connectivity index (χ2v) is 4.32. The Morgan fingerprint density at radius 3 is 2.65 bits per heavy atom. The second kappa shape index (κ2) is 6.14. The molecule has 0 saturated heterocycles. The van der Waals surface area contributed by atoms with Crippen LogP contribution in [0.15, 0.2) is 42.5 Å². The van der Waals surface area contributed by atoms with Gasteiger partial charge in [-0.3, -0.25) is 4.79 Å². The van der Waals surface area contributed by atoms with Crippen molar-refractivity contribution < 1.29 is 18.3 Å². The van der Waals surface area contributed by atoms with Gasteiger partial charge in [-0.25, -0.2) is 8.78 Å². The van der Waals surface area contributed by atoms with E-state index in [1.165, 1.54) is 6.07 Å². The summed E-state index contributed by atoms with van der Waals surface area (Å²) in [5, 5.41) is 0. The zero-order valence-electron chi connectivity index (χ0n) is 10.6. The minimum atomic E-state index is -0.734. The fraction of sp³-hybridized carbons (Fsp3) is 0.133. The molecule has 104 valence electrons. The Balaban J connectivity index is 1.92. The standard InChI is InChI=1S/C15H13F2NO2/c16-12-5-4-11(14(17)8-12)9-20-15(19)7-10-2-1-3-13(18)6-10/h1-6,8H,7,9,18H2. The molecular formula is C15H13F2NO2. The van der Waals surface area contributed by atoms with Gasteiger partial charge in [0.25, 0.3) is 0 Å². The van der Waals surface area contributed by atoms with Gasteiger partial charge in [0.2, 0.25) is 0 Å². The number of rotatable bonds is 4. The van der Waals surface area contributed by atoms with Crippen molar-refractivity contribution in [1.82, 2.24) is 0 Å². The monoisotopic (exact) mass is 277 g/mol. The molecule has 0 radical (unpaired) electrons. The Hall–Kier alpha value is -2.43. The topological polar surface area (TPSA) is 52.3 Å². The maximum Gasteiger partial charge on any atom is 0.310 e. The molecule has 2 rings (SSSR count). The van der Waals surface area contributed by atoms with Crippen molar-refractivity contribution in [3.8, 4) is 0 Å². The SMILES string of the molecule is Nc1cccc(CC(=O)OCc2ccc(F)cc2F)c1. The summed E-state index contributed by atoms with van der Waals surface area (Å²) in [5.74, 6) is -1.90. The fourth-order valence-electron chi connectivity index (χ4n) is 1.72. The highest BCUT2D eigenvalue weighted by Crippen LogP contribution is 2.12. The predicted octanol–water partition coefficient (Wildman–Crippen LogP) is 2.83. The molecule has 0 amide bonds. The van der Waals surface area contributed by atoms with Crippen LogP contribution < -0.4 is 5.73 Å². The number of carbonyl (C=O) groups is 1. The quantitative estimate of drug-likeness (QED) is 0.690. The molecule has 0 atom stereocenters. The molecule has 0 aliphatic rings. The van der Waals surface area contributed by atoms with Crippen molar-refractivity contribution in [2.75, 3.05) is 5.73 Å². The van der Waals surface area contributed by atoms with E-state index in [0.29, 0.717) is 5.69 Å². The van der Waals surface area contributed by atoms with Crippen LogP contribution >= 0.6 is 0 Å². The summed E-state index contributed by atoms with van der Waals surface area (Å²) in [7, 11) is 0. The number of hydrogen-bond donors (Lipinski definition) is 1. The van der Waals surface area contributed by atoms with Gasteiger partial charge in [0, 0.05) is 17.3 Å². The number of esters is 1. The third-order valence-corrected chi connectivity index (χ3v) is 2.70. The fourth-order valence-corrected chi connectivity index (χ4v) is 1.72. The molecule has 0 fully saturated rings. The molecule has 0 bridgehead atoms. The van der Waals surface area contributed by atoms with E-state index < -0.39 is 17.6 Å². The molecule has 2 aromatic carbocycles. The van der Waals surface area contributed by atoms with E-state index in [4.69, 9.17) is 10.5 Å². The highest BCUT2D eigenvalue weighted by atomic mass is 19.1. The van der Waals surface area contributed by atoms with E-state index in [1.54, 1.807) is 24.3 Å². The van der Waals surface area contributed by atoms with Gasteiger partial charge in [-0.2, -0.15) is 0 Å². The van der Waals surface area contributed by atoms with Crippen LogP contribution in [0.1, 0.15) is 11.1 Å². The summed E-state index contributed by atoms with van der Waals surface area (Å²) in [5.41, 5.74) is 7.00. The van der Waals surface area contributed by atoms with Gasteiger partial charge in [-0.1, -0.05) is 12.1 Å². The normalized spacial score (nSPS) is 10.3. The molecular weight excluding hydrogens is 264 g/mol. The average molecular weight is 277 g/mol. The molecule has 2 aromatic rings. The van der Waals surface area contributed by atoms with Crippen molar-refractivity contribution in [3.63, 3.8) is 0 Å². The summed E-state index contributed by atoms with van der Waals surface area (Å²) in [6, 6.07) is 9.97. The molecule has 5 heteroatoms. The van der Waals surface area contributed by atoms with Gasteiger partial charge in [0.15, 0.2) is 0 Å². The van der Waals surface area contributed by atoms with E-state index >= 15 is 0 Å². The molecule has 0 saturated carbocycles. The lowest BCUT2D eigenvalue weighted by Gasteiger charge is -2.06. The first-order chi connectivity index (χ1) is 9.54. The number of hydrogen-bond acceptors (Lipinski definition) is 3. The second-order valence-electron chi connectivity index (χ2n) is 4.32. The first kappa shape index (κ1) is 14.0. The number of carbonyl (C=O) groups excluding carboxylic acids is 1.